The molecule has 4 rings (SSSR count). The summed E-state index contributed by atoms with van der Waals surface area (Å²) in [6.07, 6.45) is 6.20. The summed E-state index contributed by atoms with van der Waals surface area (Å²) in [5, 5.41) is 3.03. The number of rotatable bonds is 10. The zero-order chi connectivity index (χ0) is 25.3. The van der Waals surface area contributed by atoms with Crippen molar-refractivity contribution in [2.75, 3.05) is 6.54 Å². The first kappa shape index (κ1) is 25.5. The van der Waals surface area contributed by atoms with Crippen LogP contribution in [0.1, 0.15) is 35.1 Å². The van der Waals surface area contributed by atoms with Crippen LogP contribution in [-0.4, -0.2) is 40.3 Å². The van der Waals surface area contributed by atoms with Gasteiger partial charge in [-0.2, -0.15) is 0 Å². The Morgan fingerprint density at radius 2 is 1.64 bits per heavy atom. The zero-order valence-corrected chi connectivity index (χ0v) is 20.6. The van der Waals surface area contributed by atoms with E-state index in [0.29, 0.717) is 32.5 Å². The zero-order valence-electron chi connectivity index (χ0n) is 20.6. The highest BCUT2D eigenvalue weighted by atomic mass is 16.2. The number of nitrogens with one attached hydrogen (secondary N) is 1. The number of aromatic nitrogens is 1. The molecule has 3 aromatic rings. The summed E-state index contributed by atoms with van der Waals surface area (Å²) in [6, 6.07) is 20.6. The molecule has 0 bridgehead atoms. The molecule has 1 aliphatic heterocycles. The van der Waals surface area contributed by atoms with E-state index in [1.54, 1.807) is 17.3 Å². The molecule has 0 aliphatic carbocycles. The van der Waals surface area contributed by atoms with E-state index in [4.69, 9.17) is 11.5 Å². The van der Waals surface area contributed by atoms with Gasteiger partial charge in [0.25, 0.3) is 0 Å². The number of aryl methyl sites for hydroxylation is 1. The Morgan fingerprint density at radius 1 is 0.944 bits per heavy atom. The van der Waals surface area contributed by atoms with E-state index in [1.165, 1.54) is 0 Å². The van der Waals surface area contributed by atoms with Crippen molar-refractivity contribution in [2.24, 2.45) is 17.4 Å². The Hall–Kier alpha value is -3.55. The first-order valence-electron chi connectivity index (χ1n) is 12.6. The minimum Gasteiger partial charge on any atom is -0.350 e. The summed E-state index contributed by atoms with van der Waals surface area (Å²) in [6.45, 7) is 1.40. The molecule has 3 atom stereocenters. The van der Waals surface area contributed by atoms with Crippen LogP contribution in [-0.2, 0) is 35.5 Å². The third-order valence-corrected chi connectivity index (χ3v) is 6.88. The van der Waals surface area contributed by atoms with Crippen LogP contribution in [0.4, 0.5) is 0 Å². The Morgan fingerprint density at radius 3 is 2.33 bits per heavy atom. The smallest absolute Gasteiger partial charge is 0.243 e. The van der Waals surface area contributed by atoms with Crippen LogP contribution in [0.3, 0.4) is 0 Å². The number of likely N-dealkylation sites (tertiary alicyclic amines) is 1. The maximum absolute atomic E-state index is 13.4. The van der Waals surface area contributed by atoms with Crippen LogP contribution >= 0.6 is 0 Å². The third-order valence-electron chi connectivity index (χ3n) is 6.88. The molecule has 7 nitrogen and oxygen atoms in total. The van der Waals surface area contributed by atoms with E-state index in [0.717, 1.165) is 35.1 Å². The fraction of sp³-hybridized carbons (Fsp3) is 0.345. The van der Waals surface area contributed by atoms with Gasteiger partial charge in [0.15, 0.2) is 0 Å². The number of benzene rings is 2. The maximum Gasteiger partial charge on any atom is 0.243 e. The molecule has 2 amide bonds. The van der Waals surface area contributed by atoms with Gasteiger partial charge in [0.05, 0.1) is 6.04 Å². The fourth-order valence-corrected chi connectivity index (χ4v) is 4.82. The third kappa shape index (κ3) is 6.77. The number of hydrogen-bond donors (Lipinski definition) is 3. The van der Waals surface area contributed by atoms with Crippen LogP contribution in [0.25, 0.3) is 0 Å². The van der Waals surface area contributed by atoms with Gasteiger partial charge >= 0.3 is 0 Å². The minimum atomic E-state index is -0.649. The first-order valence-corrected chi connectivity index (χ1v) is 12.6. The minimum absolute atomic E-state index is 0.140. The molecule has 36 heavy (non-hydrogen) atoms. The van der Waals surface area contributed by atoms with E-state index in [2.05, 4.69) is 10.3 Å². The summed E-state index contributed by atoms with van der Waals surface area (Å²) >= 11 is 0. The van der Waals surface area contributed by atoms with Crippen molar-refractivity contribution in [3.8, 4) is 0 Å². The number of amides is 2. The number of carbonyl (C=O) groups is 2. The molecule has 1 saturated heterocycles. The summed E-state index contributed by atoms with van der Waals surface area (Å²) < 4.78 is 0. The average molecular weight is 486 g/mol. The van der Waals surface area contributed by atoms with Gasteiger partial charge in [-0.3, -0.25) is 14.6 Å². The fourth-order valence-electron chi connectivity index (χ4n) is 4.82. The molecule has 0 saturated carbocycles. The van der Waals surface area contributed by atoms with E-state index in [9.17, 15) is 9.59 Å². The van der Waals surface area contributed by atoms with Crippen molar-refractivity contribution in [1.82, 2.24) is 15.2 Å². The maximum atomic E-state index is 13.4. The normalized spacial score (nSPS) is 18.1. The second kappa shape index (κ2) is 12.4. The van der Waals surface area contributed by atoms with Crippen LogP contribution in [0.15, 0.2) is 79.1 Å². The highest BCUT2D eigenvalue weighted by Crippen LogP contribution is 2.28. The lowest BCUT2D eigenvalue weighted by atomic mass is 9.97. The highest BCUT2D eigenvalue weighted by molar-refractivity contribution is 5.90. The molecule has 2 aromatic carbocycles. The quantitative estimate of drug-likeness (QED) is 0.408. The number of hydrogen-bond acceptors (Lipinski definition) is 5. The topological polar surface area (TPSA) is 114 Å². The molecule has 0 spiro atoms. The predicted molar refractivity (Wildman–Crippen MR) is 140 cm³/mol. The van der Waals surface area contributed by atoms with Crippen LogP contribution in [0, 0.1) is 5.92 Å². The van der Waals surface area contributed by atoms with E-state index in [1.807, 2.05) is 66.7 Å². The molecular formula is C29H35N5O2. The van der Waals surface area contributed by atoms with E-state index in [-0.39, 0.29) is 17.7 Å². The average Bonchev–Trinajstić information content (AvgIpc) is 3.35. The van der Waals surface area contributed by atoms with Gasteiger partial charge in [0.2, 0.25) is 11.8 Å². The molecule has 1 fully saturated rings. The SMILES string of the molecule is NCc1ccc(CNC(=O)[C@@H]2C[C@@H](Cc3ccncc3)CN2C(=O)[C@H](N)CCc2ccccc2)cc1. The number of pyridine rings is 1. The van der Waals surface area contributed by atoms with Crippen molar-refractivity contribution in [1.29, 1.82) is 0 Å². The van der Waals surface area contributed by atoms with Gasteiger partial charge in [-0.15, -0.1) is 0 Å². The van der Waals surface area contributed by atoms with Crippen molar-refractivity contribution >= 4 is 11.8 Å². The number of nitrogens with two attached hydrogens (primary N) is 2. The standard InChI is InChI=1S/C29H35N5O2/c30-18-23-6-8-24(9-7-23)19-33-28(35)27-17-25(16-22-12-14-32-15-13-22)20-34(27)29(36)26(31)11-10-21-4-2-1-3-5-21/h1-9,12-15,25-27H,10-11,16-20,30-31H2,(H,33,35)/t25-,26-,27+/m1/s1. The molecule has 0 unspecified atom stereocenters. The van der Waals surface area contributed by atoms with Gasteiger partial charge in [-0.05, 0) is 66.0 Å². The molecule has 2 heterocycles. The summed E-state index contributed by atoms with van der Waals surface area (Å²) in [4.78, 5) is 32.5. The van der Waals surface area contributed by atoms with Gasteiger partial charge in [-0.25, -0.2) is 0 Å². The van der Waals surface area contributed by atoms with E-state index >= 15 is 0 Å². The molecule has 7 heteroatoms. The van der Waals surface area contributed by atoms with Gasteiger partial charge in [0.1, 0.15) is 6.04 Å². The predicted octanol–water partition coefficient (Wildman–Crippen LogP) is 2.58. The van der Waals surface area contributed by atoms with Gasteiger partial charge in [-0.1, -0.05) is 54.6 Å². The molecule has 0 radical (unpaired) electrons. The number of carbonyl (C=O) groups excluding carboxylic acids is 2. The van der Waals surface area contributed by atoms with Gasteiger partial charge in [0, 0.05) is 32.0 Å². The van der Waals surface area contributed by atoms with Crippen molar-refractivity contribution < 1.29 is 9.59 Å². The lowest BCUT2D eigenvalue weighted by Gasteiger charge is -2.27. The number of nitrogens with zero attached hydrogens (tertiary/aromatic N) is 2. The Balaban J connectivity index is 1.42. The lowest BCUT2D eigenvalue weighted by molar-refractivity contribution is -0.139. The van der Waals surface area contributed by atoms with Crippen LogP contribution < -0.4 is 16.8 Å². The van der Waals surface area contributed by atoms with Crippen LogP contribution in [0.2, 0.25) is 0 Å². The monoisotopic (exact) mass is 485 g/mol. The Kier molecular flexibility index (Phi) is 8.81. The molecule has 1 aromatic heterocycles. The van der Waals surface area contributed by atoms with Crippen molar-refractivity contribution in [3.05, 3.63) is 101 Å². The Labute approximate surface area is 212 Å². The summed E-state index contributed by atoms with van der Waals surface area (Å²) in [5.74, 6) is -0.119. The van der Waals surface area contributed by atoms with E-state index < -0.39 is 12.1 Å². The van der Waals surface area contributed by atoms with Gasteiger partial charge < -0.3 is 21.7 Å². The lowest BCUT2D eigenvalue weighted by Crippen LogP contribution is -2.51. The summed E-state index contributed by atoms with van der Waals surface area (Å²) in [5.41, 5.74) is 16.4. The van der Waals surface area contributed by atoms with Crippen molar-refractivity contribution in [3.63, 3.8) is 0 Å². The molecule has 188 valence electrons. The Bertz CT molecular complexity index is 1120. The highest BCUT2D eigenvalue weighted by Gasteiger charge is 2.40. The second-order valence-electron chi connectivity index (χ2n) is 9.54. The first-order chi connectivity index (χ1) is 17.5. The summed E-state index contributed by atoms with van der Waals surface area (Å²) in [7, 11) is 0. The molecule has 5 N–H and O–H groups in total. The largest absolute Gasteiger partial charge is 0.350 e. The second-order valence-corrected chi connectivity index (χ2v) is 9.54. The van der Waals surface area contributed by atoms with Crippen LogP contribution in [0.5, 0.6) is 0 Å². The van der Waals surface area contributed by atoms with Crippen molar-refractivity contribution in [2.45, 2.75) is 50.9 Å². The molecule has 1 aliphatic rings. The molecular weight excluding hydrogens is 450 g/mol.